The van der Waals surface area contributed by atoms with Crippen molar-refractivity contribution in [2.75, 3.05) is 19.6 Å². The normalized spacial score (nSPS) is 27.7. The predicted octanol–water partition coefficient (Wildman–Crippen LogP) is 3.13. The lowest BCUT2D eigenvalue weighted by Crippen LogP contribution is -2.57. The van der Waals surface area contributed by atoms with Crippen LogP contribution in [0.15, 0.2) is 0 Å². The van der Waals surface area contributed by atoms with Crippen LogP contribution in [-0.4, -0.2) is 36.6 Å². The van der Waals surface area contributed by atoms with E-state index in [0.29, 0.717) is 17.5 Å². The Kier molecular flexibility index (Phi) is 5.46. The zero-order chi connectivity index (χ0) is 13.1. The first-order valence-corrected chi connectivity index (χ1v) is 7.31. The Morgan fingerprint density at radius 1 is 1.35 bits per heavy atom. The first-order chi connectivity index (χ1) is 7.84. The average molecular weight is 240 g/mol. The lowest BCUT2D eigenvalue weighted by molar-refractivity contribution is 0.0854. The molecular formula is C15H32N2. The van der Waals surface area contributed by atoms with Crippen molar-refractivity contribution >= 4 is 0 Å². The molecule has 0 aliphatic carbocycles. The average Bonchev–Trinajstić information content (AvgIpc) is 2.22. The van der Waals surface area contributed by atoms with Gasteiger partial charge in [0.1, 0.15) is 0 Å². The topological polar surface area (TPSA) is 15.3 Å². The third-order valence-electron chi connectivity index (χ3n) is 4.12. The second-order valence-electron chi connectivity index (χ2n) is 7.03. The second kappa shape index (κ2) is 6.19. The van der Waals surface area contributed by atoms with Crippen LogP contribution >= 0.6 is 0 Å². The number of nitrogens with zero attached hydrogens (tertiary/aromatic N) is 1. The molecule has 2 heteroatoms. The molecule has 1 saturated heterocycles. The largest absolute Gasteiger partial charge is 0.311 e. The number of nitrogens with one attached hydrogen (secondary N) is 1. The van der Waals surface area contributed by atoms with E-state index in [2.05, 4.69) is 51.8 Å². The third-order valence-corrected chi connectivity index (χ3v) is 4.12. The summed E-state index contributed by atoms with van der Waals surface area (Å²) in [5.74, 6) is 0.793. The van der Waals surface area contributed by atoms with Gasteiger partial charge in [-0.2, -0.15) is 0 Å². The van der Waals surface area contributed by atoms with E-state index in [4.69, 9.17) is 0 Å². The minimum absolute atomic E-state index is 0.452. The first kappa shape index (κ1) is 15.0. The molecule has 0 aromatic heterocycles. The van der Waals surface area contributed by atoms with E-state index in [1.807, 2.05) is 0 Å². The highest BCUT2D eigenvalue weighted by molar-refractivity contribution is 4.87. The van der Waals surface area contributed by atoms with Gasteiger partial charge in [0.25, 0.3) is 0 Å². The zero-order valence-electron chi connectivity index (χ0n) is 12.7. The molecule has 1 rings (SSSR count). The molecule has 1 aliphatic heterocycles. The molecule has 0 bridgehead atoms. The summed E-state index contributed by atoms with van der Waals surface area (Å²) in [5, 5.41) is 3.69. The molecule has 1 aliphatic rings. The number of rotatable bonds is 5. The molecule has 0 aromatic rings. The van der Waals surface area contributed by atoms with E-state index in [0.717, 1.165) is 12.5 Å². The van der Waals surface area contributed by atoms with Gasteiger partial charge in [0.05, 0.1) is 0 Å². The molecule has 0 amide bonds. The highest BCUT2D eigenvalue weighted by Crippen LogP contribution is 2.24. The van der Waals surface area contributed by atoms with Crippen LogP contribution in [0, 0.1) is 11.3 Å². The van der Waals surface area contributed by atoms with Gasteiger partial charge in [-0.3, -0.25) is 4.90 Å². The Balaban J connectivity index is 2.51. The standard InChI is InChI=1S/C15H32N2/c1-7-15(5,6)11-17-10-14(8-12(2)3)16-9-13(17)4/h12-14,16H,7-11H2,1-6H3. The molecule has 1 heterocycles. The monoisotopic (exact) mass is 240 g/mol. The summed E-state index contributed by atoms with van der Waals surface area (Å²) in [7, 11) is 0. The van der Waals surface area contributed by atoms with E-state index < -0.39 is 0 Å². The van der Waals surface area contributed by atoms with Gasteiger partial charge in [-0.1, -0.05) is 34.6 Å². The Hall–Kier alpha value is -0.0800. The highest BCUT2D eigenvalue weighted by Gasteiger charge is 2.29. The predicted molar refractivity (Wildman–Crippen MR) is 76.4 cm³/mol. The lowest BCUT2D eigenvalue weighted by Gasteiger charge is -2.43. The molecule has 0 radical (unpaired) electrons. The fourth-order valence-electron chi connectivity index (χ4n) is 2.60. The van der Waals surface area contributed by atoms with E-state index in [1.165, 1.54) is 25.9 Å². The van der Waals surface area contributed by atoms with Crippen molar-refractivity contribution in [3.05, 3.63) is 0 Å². The van der Waals surface area contributed by atoms with Crippen LogP contribution in [0.4, 0.5) is 0 Å². The Morgan fingerprint density at radius 2 is 2.00 bits per heavy atom. The van der Waals surface area contributed by atoms with Crippen LogP contribution in [-0.2, 0) is 0 Å². The molecule has 2 unspecified atom stereocenters. The zero-order valence-corrected chi connectivity index (χ0v) is 12.7. The summed E-state index contributed by atoms with van der Waals surface area (Å²) < 4.78 is 0. The van der Waals surface area contributed by atoms with Crippen molar-refractivity contribution in [1.29, 1.82) is 0 Å². The van der Waals surface area contributed by atoms with Gasteiger partial charge in [-0.15, -0.1) is 0 Å². The maximum atomic E-state index is 3.69. The van der Waals surface area contributed by atoms with Gasteiger partial charge in [-0.05, 0) is 31.1 Å². The van der Waals surface area contributed by atoms with Crippen molar-refractivity contribution in [1.82, 2.24) is 10.2 Å². The van der Waals surface area contributed by atoms with E-state index >= 15 is 0 Å². The molecular weight excluding hydrogens is 208 g/mol. The summed E-state index contributed by atoms with van der Waals surface area (Å²) in [6, 6.07) is 1.38. The molecule has 0 saturated carbocycles. The fourth-order valence-corrected chi connectivity index (χ4v) is 2.60. The number of hydrogen-bond donors (Lipinski definition) is 1. The van der Waals surface area contributed by atoms with Crippen molar-refractivity contribution < 1.29 is 0 Å². The van der Waals surface area contributed by atoms with Gasteiger partial charge in [-0.25, -0.2) is 0 Å². The minimum Gasteiger partial charge on any atom is -0.311 e. The highest BCUT2D eigenvalue weighted by atomic mass is 15.2. The molecule has 1 fully saturated rings. The van der Waals surface area contributed by atoms with Gasteiger partial charge >= 0.3 is 0 Å². The van der Waals surface area contributed by atoms with Gasteiger partial charge < -0.3 is 5.32 Å². The smallest absolute Gasteiger partial charge is 0.0198 e. The maximum Gasteiger partial charge on any atom is 0.0198 e. The molecule has 0 aromatic carbocycles. The molecule has 2 nitrogen and oxygen atoms in total. The van der Waals surface area contributed by atoms with E-state index in [1.54, 1.807) is 0 Å². The molecule has 0 spiro atoms. The summed E-state index contributed by atoms with van der Waals surface area (Å²) in [6.45, 7) is 17.7. The molecule has 17 heavy (non-hydrogen) atoms. The van der Waals surface area contributed by atoms with Crippen LogP contribution in [0.1, 0.15) is 54.4 Å². The number of hydrogen-bond acceptors (Lipinski definition) is 2. The molecule has 102 valence electrons. The van der Waals surface area contributed by atoms with Crippen LogP contribution in [0.3, 0.4) is 0 Å². The van der Waals surface area contributed by atoms with Gasteiger partial charge in [0.2, 0.25) is 0 Å². The fraction of sp³-hybridized carbons (Fsp3) is 1.00. The Labute approximate surface area is 108 Å². The summed E-state index contributed by atoms with van der Waals surface area (Å²) in [5.41, 5.74) is 0.452. The maximum absolute atomic E-state index is 3.69. The van der Waals surface area contributed by atoms with Gasteiger partial charge in [0, 0.05) is 31.7 Å². The second-order valence-corrected chi connectivity index (χ2v) is 7.03. The quantitative estimate of drug-likeness (QED) is 0.794. The first-order valence-electron chi connectivity index (χ1n) is 7.31. The Morgan fingerprint density at radius 3 is 2.53 bits per heavy atom. The Bertz CT molecular complexity index is 223. The summed E-state index contributed by atoms with van der Waals surface area (Å²) in [4.78, 5) is 2.69. The summed E-state index contributed by atoms with van der Waals surface area (Å²) in [6.07, 6.45) is 2.56. The number of piperazine rings is 1. The lowest BCUT2D eigenvalue weighted by atomic mass is 9.88. The van der Waals surface area contributed by atoms with Crippen LogP contribution < -0.4 is 5.32 Å². The third kappa shape index (κ3) is 4.97. The van der Waals surface area contributed by atoms with Crippen LogP contribution in [0.2, 0.25) is 0 Å². The van der Waals surface area contributed by atoms with Crippen LogP contribution in [0.5, 0.6) is 0 Å². The SMILES string of the molecule is CCC(C)(C)CN1CC(CC(C)C)NCC1C. The van der Waals surface area contributed by atoms with Crippen molar-refractivity contribution in [2.45, 2.75) is 66.5 Å². The van der Waals surface area contributed by atoms with Gasteiger partial charge in [0.15, 0.2) is 0 Å². The van der Waals surface area contributed by atoms with E-state index in [9.17, 15) is 0 Å². The van der Waals surface area contributed by atoms with Crippen molar-refractivity contribution in [2.24, 2.45) is 11.3 Å². The molecule has 2 atom stereocenters. The summed E-state index contributed by atoms with van der Waals surface area (Å²) >= 11 is 0. The van der Waals surface area contributed by atoms with Crippen LogP contribution in [0.25, 0.3) is 0 Å². The van der Waals surface area contributed by atoms with Crippen molar-refractivity contribution in [3.63, 3.8) is 0 Å². The molecule has 1 N–H and O–H groups in total. The minimum atomic E-state index is 0.452. The van der Waals surface area contributed by atoms with Crippen molar-refractivity contribution in [3.8, 4) is 0 Å². The van der Waals surface area contributed by atoms with E-state index in [-0.39, 0.29) is 0 Å².